The highest BCUT2D eigenvalue weighted by molar-refractivity contribution is 8.00. The van der Waals surface area contributed by atoms with E-state index in [1.807, 2.05) is 29.2 Å². The smallest absolute Gasteiger partial charge is 0.245 e. The van der Waals surface area contributed by atoms with Gasteiger partial charge in [0.15, 0.2) is 0 Å². The lowest BCUT2D eigenvalue weighted by Crippen LogP contribution is -2.44. The van der Waals surface area contributed by atoms with Gasteiger partial charge < -0.3 is 15.4 Å². The third-order valence-electron chi connectivity index (χ3n) is 7.39. The molecule has 6 nitrogen and oxygen atoms in total. The van der Waals surface area contributed by atoms with Crippen LogP contribution in [0.1, 0.15) is 68.7 Å². The molecule has 2 aromatic carbocycles. The molecule has 0 saturated carbocycles. The second kappa shape index (κ2) is 11.5. The van der Waals surface area contributed by atoms with Gasteiger partial charge >= 0.3 is 0 Å². The van der Waals surface area contributed by atoms with E-state index in [4.69, 9.17) is 15.9 Å². The zero-order valence-corrected chi connectivity index (χ0v) is 21.9. The van der Waals surface area contributed by atoms with E-state index in [1.54, 1.807) is 31.0 Å². The van der Waals surface area contributed by atoms with Crippen molar-refractivity contribution in [2.24, 2.45) is 5.73 Å². The molecule has 2 aliphatic rings. The first-order chi connectivity index (χ1) is 16.9. The number of unbranched alkanes of at least 4 members (excludes halogenated alkanes) is 2. The van der Waals surface area contributed by atoms with Crippen molar-refractivity contribution in [3.8, 4) is 5.75 Å². The molecule has 35 heavy (non-hydrogen) atoms. The number of nitrogens with two attached hydrogens (primary N) is 1. The second-order valence-corrected chi connectivity index (χ2v) is 10.9. The van der Waals surface area contributed by atoms with Gasteiger partial charge in [-0.1, -0.05) is 25.0 Å². The van der Waals surface area contributed by atoms with Crippen molar-refractivity contribution >= 4 is 29.2 Å². The van der Waals surface area contributed by atoms with E-state index in [0.29, 0.717) is 29.9 Å². The number of nitrogens with one attached hydrogen (secondary N) is 1. The van der Waals surface area contributed by atoms with Crippen LogP contribution in [-0.4, -0.2) is 48.9 Å². The average Bonchev–Trinajstić information content (AvgIpc) is 2.85. The Morgan fingerprint density at radius 1 is 1.09 bits per heavy atom. The normalized spacial score (nSPS) is 22.7. The number of rotatable bonds is 9. The summed E-state index contributed by atoms with van der Waals surface area (Å²) in [4.78, 5) is 19.5. The zero-order valence-electron chi connectivity index (χ0n) is 21.1. The van der Waals surface area contributed by atoms with Crippen molar-refractivity contribution in [2.75, 3.05) is 25.1 Å². The number of thioether (sulfide) groups is 1. The van der Waals surface area contributed by atoms with Gasteiger partial charge in [0, 0.05) is 34.7 Å². The Morgan fingerprint density at radius 2 is 1.80 bits per heavy atom. The fourth-order valence-corrected chi connectivity index (χ4v) is 6.66. The average molecular weight is 495 g/mol. The fourth-order valence-electron chi connectivity index (χ4n) is 5.41. The van der Waals surface area contributed by atoms with E-state index < -0.39 is 5.25 Å². The number of ether oxygens (including phenoxy) is 1. The summed E-state index contributed by atoms with van der Waals surface area (Å²) in [5.74, 6) is 0.688. The maximum absolute atomic E-state index is 13.8. The predicted octanol–water partition coefficient (Wildman–Crippen LogP) is 5.59. The predicted molar refractivity (Wildman–Crippen MR) is 145 cm³/mol. The highest BCUT2D eigenvalue weighted by atomic mass is 32.2. The lowest BCUT2D eigenvalue weighted by atomic mass is 9.97. The Bertz CT molecular complexity index is 1050. The number of amidine groups is 1. The van der Waals surface area contributed by atoms with Gasteiger partial charge in [-0.3, -0.25) is 15.1 Å². The quantitative estimate of drug-likeness (QED) is 0.270. The minimum atomic E-state index is -0.436. The molecule has 1 unspecified atom stereocenters. The Balaban J connectivity index is 1.47. The summed E-state index contributed by atoms with van der Waals surface area (Å²) in [6, 6.07) is 14.9. The van der Waals surface area contributed by atoms with Crippen LogP contribution in [0.3, 0.4) is 0 Å². The van der Waals surface area contributed by atoms with Gasteiger partial charge in [-0.2, -0.15) is 0 Å². The van der Waals surface area contributed by atoms with Crippen LogP contribution in [0.2, 0.25) is 0 Å². The lowest BCUT2D eigenvalue weighted by molar-refractivity contribution is -0.118. The molecule has 1 saturated heterocycles. The Labute approximate surface area is 213 Å². The minimum Gasteiger partial charge on any atom is -0.496 e. The number of hydrogen-bond donors (Lipinski definition) is 2. The summed E-state index contributed by atoms with van der Waals surface area (Å²) in [5, 5.41) is 7.41. The van der Waals surface area contributed by atoms with Crippen molar-refractivity contribution in [1.29, 1.82) is 5.41 Å². The molecule has 1 amide bonds. The third-order valence-corrected chi connectivity index (χ3v) is 8.68. The number of nitrogens with zero attached hydrogens (tertiary/aromatic N) is 2. The van der Waals surface area contributed by atoms with Crippen molar-refractivity contribution in [1.82, 2.24) is 4.90 Å². The van der Waals surface area contributed by atoms with Crippen molar-refractivity contribution in [2.45, 2.75) is 74.6 Å². The molecule has 0 spiro atoms. The molecule has 3 N–H and O–H groups in total. The number of amides is 1. The fraction of sp³-hybridized carbons (Fsp3) is 0.500. The standard InChI is InChI=1S/C28H38N4O2S/c1-19-10-9-11-20(2)31(19)16-7-4-8-17-32-23-12-5-6-13-25(23)35-26(28(32)33)22-18-21(27(29)30)14-15-24(22)34-3/h5-6,12-15,18-20,26H,4,7-11,16-17H2,1-3H3,(H3,29,30)/t19-,20+,26?. The summed E-state index contributed by atoms with van der Waals surface area (Å²) in [6.07, 6.45) is 7.18. The number of fused-ring (bicyclic) bond motifs is 1. The van der Waals surface area contributed by atoms with Gasteiger partial charge in [0.05, 0.1) is 12.8 Å². The number of hydrogen-bond acceptors (Lipinski definition) is 5. The lowest BCUT2D eigenvalue weighted by Gasteiger charge is -2.39. The van der Waals surface area contributed by atoms with Crippen LogP contribution in [0.4, 0.5) is 5.69 Å². The molecule has 2 aliphatic heterocycles. The molecule has 2 heterocycles. The number of piperidine rings is 1. The van der Waals surface area contributed by atoms with Crippen molar-refractivity contribution < 1.29 is 9.53 Å². The molecule has 0 radical (unpaired) electrons. The maximum Gasteiger partial charge on any atom is 0.245 e. The Morgan fingerprint density at radius 3 is 2.51 bits per heavy atom. The molecule has 188 valence electrons. The van der Waals surface area contributed by atoms with Crippen LogP contribution in [0.25, 0.3) is 0 Å². The number of carbonyl (C=O) groups excluding carboxylic acids is 1. The largest absolute Gasteiger partial charge is 0.496 e. The van der Waals surface area contributed by atoms with Crippen molar-refractivity contribution in [3.05, 3.63) is 53.6 Å². The second-order valence-electron chi connectivity index (χ2n) is 9.75. The summed E-state index contributed by atoms with van der Waals surface area (Å²) in [6.45, 7) is 6.55. The van der Waals surface area contributed by atoms with Crippen LogP contribution < -0.4 is 15.4 Å². The monoisotopic (exact) mass is 494 g/mol. The van der Waals surface area contributed by atoms with Crippen LogP contribution in [0.5, 0.6) is 5.75 Å². The molecule has 0 bridgehead atoms. The number of anilines is 1. The number of para-hydroxylation sites is 1. The van der Waals surface area contributed by atoms with Crippen LogP contribution >= 0.6 is 11.8 Å². The number of carbonyl (C=O) groups is 1. The number of likely N-dealkylation sites (tertiary alicyclic amines) is 1. The van der Waals surface area contributed by atoms with E-state index in [0.717, 1.165) is 42.0 Å². The number of nitrogen functional groups attached to an aromatic ring is 1. The first-order valence-corrected chi connectivity index (χ1v) is 13.6. The Kier molecular flexibility index (Phi) is 8.39. The Hall–Kier alpha value is -2.51. The molecule has 1 fully saturated rings. The van der Waals surface area contributed by atoms with Crippen LogP contribution in [0.15, 0.2) is 47.4 Å². The van der Waals surface area contributed by atoms with E-state index >= 15 is 0 Å². The van der Waals surface area contributed by atoms with E-state index in [-0.39, 0.29) is 11.7 Å². The van der Waals surface area contributed by atoms with Gasteiger partial charge in [0.1, 0.15) is 16.8 Å². The number of methoxy groups -OCH3 is 1. The van der Waals surface area contributed by atoms with Gasteiger partial charge in [-0.05, 0) is 76.4 Å². The molecular formula is C28H38N4O2S. The van der Waals surface area contributed by atoms with E-state index in [2.05, 4.69) is 24.8 Å². The van der Waals surface area contributed by atoms with Gasteiger partial charge in [0.2, 0.25) is 5.91 Å². The summed E-state index contributed by atoms with van der Waals surface area (Å²) in [5.41, 5.74) is 8.09. The highest BCUT2D eigenvalue weighted by Crippen LogP contribution is 2.48. The molecule has 0 aromatic heterocycles. The minimum absolute atomic E-state index is 0.0169. The van der Waals surface area contributed by atoms with Crippen LogP contribution in [-0.2, 0) is 4.79 Å². The maximum atomic E-state index is 13.8. The van der Waals surface area contributed by atoms with Gasteiger partial charge in [-0.25, -0.2) is 0 Å². The molecule has 4 rings (SSSR count). The zero-order chi connectivity index (χ0) is 24.9. The summed E-state index contributed by atoms with van der Waals surface area (Å²) >= 11 is 1.55. The van der Waals surface area contributed by atoms with E-state index in [1.165, 1.54) is 19.3 Å². The molecule has 3 atom stereocenters. The summed E-state index contributed by atoms with van der Waals surface area (Å²) in [7, 11) is 1.61. The van der Waals surface area contributed by atoms with Crippen molar-refractivity contribution in [3.63, 3.8) is 0 Å². The third kappa shape index (κ3) is 5.67. The molecular weight excluding hydrogens is 456 g/mol. The van der Waals surface area contributed by atoms with Gasteiger partial charge in [-0.15, -0.1) is 11.8 Å². The SMILES string of the molecule is COc1ccc(C(=N)N)cc1C1Sc2ccccc2N(CCCCCN2[C@H](C)CCC[C@@H]2C)C1=O. The topological polar surface area (TPSA) is 82.7 Å². The summed E-state index contributed by atoms with van der Waals surface area (Å²) < 4.78 is 5.59. The first-order valence-electron chi connectivity index (χ1n) is 12.8. The van der Waals surface area contributed by atoms with Crippen LogP contribution in [0, 0.1) is 5.41 Å². The number of benzene rings is 2. The highest BCUT2D eigenvalue weighted by Gasteiger charge is 2.36. The molecule has 2 aromatic rings. The van der Waals surface area contributed by atoms with Gasteiger partial charge in [0.25, 0.3) is 0 Å². The molecule has 0 aliphatic carbocycles. The first kappa shape index (κ1) is 25.6. The molecule has 7 heteroatoms. The van der Waals surface area contributed by atoms with E-state index in [9.17, 15) is 4.79 Å².